The van der Waals surface area contributed by atoms with Crippen molar-refractivity contribution in [3.63, 3.8) is 0 Å². The zero-order valence-electron chi connectivity index (χ0n) is 16.0. The first-order chi connectivity index (χ1) is 14.0. The molecule has 1 aliphatic rings. The molecule has 0 atom stereocenters. The zero-order valence-corrected chi connectivity index (χ0v) is 16.9. The molecule has 0 radical (unpaired) electrons. The fraction of sp³-hybridized carbons (Fsp3) is 0.286. The Morgan fingerprint density at radius 1 is 1.21 bits per heavy atom. The summed E-state index contributed by atoms with van der Waals surface area (Å²) in [4.78, 5) is 13.8. The van der Waals surface area contributed by atoms with Crippen LogP contribution >= 0.6 is 11.3 Å². The summed E-state index contributed by atoms with van der Waals surface area (Å²) in [5.74, 6) is -0.455. The maximum absolute atomic E-state index is 12.7. The molecule has 0 aliphatic heterocycles. The van der Waals surface area contributed by atoms with Crippen LogP contribution in [0.5, 0.6) is 17.2 Å². The van der Waals surface area contributed by atoms with Crippen molar-refractivity contribution >= 4 is 28.3 Å². The van der Waals surface area contributed by atoms with Crippen molar-refractivity contribution in [2.45, 2.75) is 25.7 Å². The molecule has 0 saturated carbocycles. The second-order valence-corrected chi connectivity index (χ2v) is 7.53. The quantitative estimate of drug-likeness (QED) is 0.574. The van der Waals surface area contributed by atoms with Gasteiger partial charge in [-0.25, -0.2) is 0 Å². The lowest BCUT2D eigenvalue weighted by molar-refractivity contribution is -0.112. The number of carbonyl (C=O) groups is 1. The second kappa shape index (κ2) is 8.68. The van der Waals surface area contributed by atoms with Gasteiger partial charge in [-0.1, -0.05) is 0 Å². The highest BCUT2D eigenvalue weighted by Gasteiger charge is 2.23. The van der Waals surface area contributed by atoms with E-state index >= 15 is 0 Å². The van der Waals surface area contributed by atoms with Gasteiger partial charge >= 0.3 is 0 Å². The summed E-state index contributed by atoms with van der Waals surface area (Å²) in [5, 5.41) is 32.2. The van der Waals surface area contributed by atoms with Crippen molar-refractivity contribution in [2.24, 2.45) is 0 Å². The number of phenols is 1. The number of thiophene rings is 1. The van der Waals surface area contributed by atoms with E-state index in [0.717, 1.165) is 36.1 Å². The Kier molecular flexibility index (Phi) is 6.06. The summed E-state index contributed by atoms with van der Waals surface area (Å²) in [7, 11) is 2.78. The molecule has 1 heterocycles. The maximum atomic E-state index is 12.7. The Morgan fingerprint density at radius 3 is 2.45 bits per heavy atom. The Morgan fingerprint density at radius 2 is 1.86 bits per heavy atom. The van der Waals surface area contributed by atoms with Gasteiger partial charge in [0.2, 0.25) is 5.75 Å². The fourth-order valence-corrected chi connectivity index (χ4v) is 4.49. The van der Waals surface area contributed by atoms with Crippen molar-refractivity contribution < 1.29 is 19.4 Å². The van der Waals surface area contributed by atoms with Crippen molar-refractivity contribution in [1.82, 2.24) is 0 Å². The Hall–Kier alpha value is -3.49. The van der Waals surface area contributed by atoms with Gasteiger partial charge in [-0.2, -0.15) is 10.5 Å². The number of aryl methyl sites for hydroxylation is 1. The summed E-state index contributed by atoms with van der Waals surface area (Å²) < 4.78 is 10.2. The molecule has 7 nitrogen and oxygen atoms in total. The number of hydrogen-bond donors (Lipinski definition) is 2. The standard InChI is InChI=1S/C21H19N3O4S/c1-27-16-8-12(9-17(28-2)19(16)25)7-13(10-22)20(26)24-21-15(11-23)14-5-3-4-6-18(14)29-21/h7-9,25H,3-6H2,1-2H3,(H,24,26)/b13-7+. The van der Waals surface area contributed by atoms with Crippen LogP contribution in [0.25, 0.3) is 6.08 Å². The molecule has 0 bridgehead atoms. The Bertz CT molecular complexity index is 1050. The van der Waals surface area contributed by atoms with E-state index in [1.54, 1.807) is 0 Å². The van der Waals surface area contributed by atoms with Gasteiger partial charge in [-0.15, -0.1) is 11.3 Å². The average molecular weight is 409 g/mol. The molecule has 1 aliphatic carbocycles. The molecule has 2 aromatic rings. The van der Waals surface area contributed by atoms with Crippen LogP contribution in [-0.2, 0) is 17.6 Å². The van der Waals surface area contributed by atoms with Crippen LogP contribution in [0.15, 0.2) is 17.7 Å². The molecule has 0 unspecified atom stereocenters. The minimum Gasteiger partial charge on any atom is -0.502 e. The van der Waals surface area contributed by atoms with Crippen molar-refractivity contribution in [3.8, 4) is 29.4 Å². The highest BCUT2D eigenvalue weighted by molar-refractivity contribution is 7.16. The number of fused-ring (bicyclic) bond motifs is 1. The molecule has 0 saturated heterocycles. The van der Waals surface area contributed by atoms with Crippen molar-refractivity contribution in [2.75, 3.05) is 19.5 Å². The third kappa shape index (κ3) is 4.03. The van der Waals surface area contributed by atoms with E-state index < -0.39 is 5.91 Å². The third-order valence-corrected chi connectivity index (χ3v) is 5.90. The van der Waals surface area contributed by atoms with Crippen LogP contribution in [0.4, 0.5) is 5.00 Å². The summed E-state index contributed by atoms with van der Waals surface area (Å²) in [5.41, 5.74) is 1.81. The summed E-state index contributed by atoms with van der Waals surface area (Å²) in [6.45, 7) is 0. The Labute approximate surface area is 172 Å². The van der Waals surface area contributed by atoms with Crippen LogP contribution in [0.3, 0.4) is 0 Å². The summed E-state index contributed by atoms with van der Waals surface area (Å²) in [6, 6.07) is 7.06. The minimum atomic E-state index is -0.603. The highest BCUT2D eigenvalue weighted by Crippen LogP contribution is 2.39. The van der Waals surface area contributed by atoms with Gasteiger partial charge < -0.3 is 19.9 Å². The van der Waals surface area contributed by atoms with Gasteiger partial charge in [0, 0.05) is 4.88 Å². The predicted molar refractivity (Wildman–Crippen MR) is 109 cm³/mol. The topological polar surface area (TPSA) is 115 Å². The lowest BCUT2D eigenvalue weighted by atomic mass is 9.96. The first-order valence-corrected chi connectivity index (χ1v) is 9.76. The first kappa shape index (κ1) is 20.2. The number of methoxy groups -OCH3 is 2. The van der Waals surface area contributed by atoms with Gasteiger partial charge in [0.15, 0.2) is 11.5 Å². The molecule has 1 aromatic carbocycles. The lowest BCUT2D eigenvalue weighted by Crippen LogP contribution is -2.13. The van der Waals surface area contributed by atoms with E-state index in [4.69, 9.17) is 9.47 Å². The SMILES string of the molecule is COc1cc(/C=C(\C#N)C(=O)Nc2sc3c(c2C#N)CCCC3)cc(OC)c1O. The number of nitrogens with one attached hydrogen (secondary N) is 1. The number of hydrogen-bond acceptors (Lipinski definition) is 7. The van der Waals surface area contributed by atoms with E-state index in [0.29, 0.717) is 16.1 Å². The molecule has 1 aromatic heterocycles. The minimum absolute atomic E-state index is 0.143. The average Bonchev–Trinajstić information content (AvgIpc) is 3.09. The van der Waals surface area contributed by atoms with E-state index in [9.17, 15) is 20.4 Å². The van der Waals surface area contributed by atoms with Gasteiger partial charge in [0.05, 0.1) is 19.8 Å². The number of nitrogens with zero attached hydrogens (tertiary/aromatic N) is 2. The normalized spacial score (nSPS) is 13.0. The zero-order chi connectivity index (χ0) is 21.0. The van der Waals surface area contributed by atoms with Gasteiger partial charge in [0.1, 0.15) is 22.7 Å². The van der Waals surface area contributed by atoms with Crippen LogP contribution in [0.2, 0.25) is 0 Å². The molecule has 148 valence electrons. The number of carbonyl (C=O) groups excluding carboxylic acids is 1. The molecule has 8 heteroatoms. The summed E-state index contributed by atoms with van der Waals surface area (Å²) in [6.07, 6.45) is 5.20. The van der Waals surface area contributed by atoms with Crippen LogP contribution < -0.4 is 14.8 Å². The number of amides is 1. The summed E-state index contributed by atoms with van der Waals surface area (Å²) >= 11 is 1.40. The molecule has 3 rings (SSSR count). The van der Waals surface area contributed by atoms with Gasteiger partial charge in [-0.3, -0.25) is 4.79 Å². The van der Waals surface area contributed by atoms with Crippen molar-refractivity contribution in [3.05, 3.63) is 39.3 Å². The lowest BCUT2D eigenvalue weighted by Gasteiger charge is -2.10. The van der Waals surface area contributed by atoms with E-state index in [2.05, 4.69) is 11.4 Å². The monoisotopic (exact) mass is 409 g/mol. The Balaban J connectivity index is 1.92. The van der Waals surface area contributed by atoms with Gasteiger partial charge in [-0.05, 0) is 55.0 Å². The van der Waals surface area contributed by atoms with Crippen LogP contribution in [0, 0.1) is 22.7 Å². The molecule has 29 heavy (non-hydrogen) atoms. The largest absolute Gasteiger partial charge is 0.502 e. The number of aromatic hydroxyl groups is 1. The smallest absolute Gasteiger partial charge is 0.266 e. The van der Waals surface area contributed by atoms with E-state index in [-0.39, 0.29) is 22.8 Å². The predicted octanol–water partition coefficient (Wildman–Crippen LogP) is 3.77. The van der Waals surface area contributed by atoms with E-state index in [1.807, 2.05) is 6.07 Å². The number of rotatable bonds is 5. The van der Waals surface area contributed by atoms with Gasteiger partial charge in [0.25, 0.3) is 5.91 Å². The fourth-order valence-electron chi connectivity index (χ4n) is 3.26. The number of phenolic OH excluding ortho intramolecular Hbond substituents is 1. The second-order valence-electron chi connectivity index (χ2n) is 6.42. The molecular weight excluding hydrogens is 390 g/mol. The molecule has 0 spiro atoms. The van der Waals surface area contributed by atoms with Crippen LogP contribution in [-0.4, -0.2) is 25.2 Å². The maximum Gasteiger partial charge on any atom is 0.266 e. The number of nitriles is 2. The molecule has 0 fully saturated rings. The molecule has 1 amide bonds. The first-order valence-electron chi connectivity index (χ1n) is 8.95. The van der Waals surface area contributed by atoms with Crippen molar-refractivity contribution in [1.29, 1.82) is 10.5 Å². The molecular formula is C21H19N3O4S. The third-order valence-electron chi connectivity index (χ3n) is 4.69. The van der Waals surface area contributed by atoms with Crippen LogP contribution in [0.1, 0.15) is 34.4 Å². The number of anilines is 1. The van der Waals surface area contributed by atoms with E-state index in [1.165, 1.54) is 43.8 Å². The number of ether oxygens (including phenoxy) is 2. The number of benzene rings is 1. The highest BCUT2D eigenvalue weighted by atomic mass is 32.1. The molecule has 2 N–H and O–H groups in total.